The standard InChI is InChI=1S/C24H28N4O2/c29-22-13-24(9-11-25-12-10-24)26-21-8-4-3-7-20(21)16-28(22)17-23(30)27-14-18-5-1-2-6-19(18)15-27/h1-8,25-26H,9-17H2. The molecule has 2 N–H and O–H groups in total. The maximum Gasteiger partial charge on any atom is 0.242 e. The lowest BCUT2D eigenvalue weighted by Gasteiger charge is -2.42. The molecular weight excluding hydrogens is 376 g/mol. The monoisotopic (exact) mass is 404 g/mol. The van der Waals surface area contributed by atoms with Gasteiger partial charge in [-0.05, 0) is 48.7 Å². The summed E-state index contributed by atoms with van der Waals surface area (Å²) in [5.41, 5.74) is 4.31. The van der Waals surface area contributed by atoms with Crippen molar-refractivity contribution in [3.8, 4) is 0 Å². The van der Waals surface area contributed by atoms with Crippen molar-refractivity contribution < 1.29 is 9.59 Å². The third-order valence-electron chi connectivity index (χ3n) is 6.70. The molecular formula is C24H28N4O2. The number of hydrogen-bond acceptors (Lipinski definition) is 4. The number of rotatable bonds is 2. The van der Waals surface area contributed by atoms with Gasteiger partial charge in [-0.1, -0.05) is 42.5 Å². The summed E-state index contributed by atoms with van der Waals surface area (Å²) in [4.78, 5) is 30.0. The molecule has 2 aromatic rings. The quantitative estimate of drug-likeness (QED) is 0.807. The van der Waals surface area contributed by atoms with Gasteiger partial charge in [0.1, 0.15) is 6.54 Å². The van der Waals surface area contributed by atoms with Gasteiger partial charge in [0.05, 0.1) is 0 Å². The van der Waals surface area contributed by atoms with Crippen molar-refractivity contribution in [3.05, 3.63) is 65.2 Å². The van der Waals surface area contributed by atoms with Gasteiger partial charge in [-0.15, -0.1) is 0 Å². The van der Waals surface area contributed by atoms with Crippen LogP contribution in [0.2, 0.25) is 0 Å². The van der Waals surface area contributed by atoms with Crippen molar-refractivity contribution in [2.24, 2.45) is 0 Å². The average molecular weight is 405 g/mol. The van der Waals surface area contributed by atoms with Crippen LogP contribution < -0.4 is 10.6 Å². The maximum atomic E-state index is 13.3. The molecule has 0 aliphatic carbocycles. The van der Waals surface area contributed by atoms with Gasteiger partial charge < -0.3 is 20.4 Å². The van der Waals surface area contributed by atoms with Crippen LogP contribution >= 0.6 is 0 Å². The minimum Gasteiger partial charge on any atom is -0.379 e. The van der Waals surface area contributed by atoms with E-state index in [2.05, 4.69) is 34.9 Å². The van der Waals surface area contributed by atoms with Gasteiger partial charge in [0.15, 0.2) is 0 Å². The number of fused-ring (bicyclic) bond motifs is 2. The van der Waals surface area contributed by atoms with Crippen molar-refractivity contribution in [3.63, 3.8) is 0 Å². The van der Waals surface area contributed by atoms with Gasteiger partial charge in [0.2, 0.25) is 11.8 Å². The zero-order chi connectivity index (χ0) is 20.6. The van der Waals surface area contributed by atoms with E-state index in [1.165, 1.54) is 11.1 Å². The van der Waals surface area contributed by atoms with Crippen molar-refractivity contribution >= 4 is 17.5 Å². The van der Waals surface area contributed by atoms with E-state index in [0.29, 0.717) is 26.1 Å². The molecule has 156 valence electrons. The normalized spacial score (nSPS) is 20.2. The summed E-state index contributed by atoms with van der Waals surface area (Å²) < 4.78 is 0. The largest absolute Gasteiger partial charge is 0.379 e. The highest BCUT2D eigenvalue weighted by atomic mass is 16.2. The molecule has 0 unspecified atom stereocenters. The van der Waals surface area contributed by atoms with Crippen molar-refractivity contribution in [2.75, 3.05) is 25.0 Å². The predicted octanol–water partition coefficient (Wildman–Crippen LogP) is 2.50. The van der Waals surface area contributed by atoms with Gasteiger partial charge in [0.25, 0.3) is 0 Å². The van der Waals surface area contributed by atoms with Crippen LogP contribution in [0, 0.1) is 0 Å². The number of benzene rings is 2. The number of anilines is 1. The molecule has 3 aliphatic heterocycles. The summed E-state index contributed by atoms with van der Waals surface area (Å²) in [6.07, 6.45) is 2.23. The second kappa shape index (κ2) is 7.76. The summed E-state index contributed by atoms with van der Waals surface area (Å²) >= 11 is 0. The summed E-state index contributed by atoms with van der Waals surface area (Å²) in [5, 5.41) is 7.10. The molecule has 1 saturated heterocycles. The van der Waals surface area contributed by atoms with Crippen LogP contribution in [0.25, 0.3) is 0 Å². The highest BCUT2D eigenvalue weighted by Gasteiger charge is 2.38. The SMILES string of the molecule is O=C(CN1Cc2ccccc2NC2(CCNCC2)CC1=O)N1Cc2ccccc2C1. The first-order valence-corrected chi connectivity index (χ1v) is 10.8. The number of carbonyl (C=O) groups excluding carboxylic acids is 2. The number of hydrogen-bond donors (Lipinski definition) is 2. The molecule has 5 rings (SSSR count). The number of amides is 2. The number of carbonyl (C=O) groups is 2. The van der Waals surface area contributed by atoms with Gasteiger partial charge >= 0.3 is 0 Å². The summed E-state index contributed by atoms with van der Waals surface area (Å²) in [6, 6.07) is 16.3. The van der Waals surface area contributed by atoms with E-state index in [0.717, 1.165) is 37.2 Å². The first-order valence-electron chi connectivity index (χ1n) is 10.8. The Morgan fingerprint density at radius 3 is 2.23 bits per heavy atom. The minimum atomic E-state index is -0.246. The molecule has 0 saturated carbocycles. The predicted molar refractivity (Wildman–Crippen MR) is 116 cm³/mol. The highest BCUT2D eigenvalue weighted by Crippen LogP contribution is 2.33. The van der Waals surface area contributed by atoms with Gasteiger partial charge in [-0.25, -0.2) is 0 Å². The van der Waals surface area contributed by atoms with Gasteiger partial charge in [-0.2, -0.15) is 0 Å². The minimum absolute atomic E-state index is 0.0184. The van der Waals surface area contributed by atoms with E-state index in [1.807, 2.05) is 29.2 Å². The first-order chi connectivity index (χ1) is 14.6. The van der Waals surface area contributed by atoms with E-state index in [4.69, 9.17) is 0 Å². The van der Waals surface area contributed by atoms with Crippen molar-refractivity contribution in [1.82, 2.24) is 15.1 Å². The Balaban J connectivity index is 1.37. The Morgan fingerprint density at radius 2 is 1.53 bits per heavy atom. The fourth-order valence-corrected chi connectivity index (χ4v) is 4.93. The highest BCUT2D eigenvalue weighted by molar-refractivity contribution is 5.86. The number of para-hydroxylation sites is 1. The fourth-order valence-electron chi connectivity index (χ4n) is 4.93. The Hall–Kier alpha value is -2.86. The van der Waals surface area contributed by atoms with E-state index >= 15 is 0 Å². The lowest BCUT2D eigenvalue weighted by molar-refractivity contribution is -0.142. The number of nitrogens with zero attached hydrogens (tertiary/aromatic N) is 2. The molecule has 30 heavy (non-hydrogen) atoms. The topological polar surface area (TPSA) is 64.7 Å². The number of nitrogens with one attached hydrogen (secondary N) is 2. The molecule has 0 bridgehead atoms. The third-order valence-corrected chi connectivity index (χ3v) is 6.70. The molecule has 0 atom stereocenters. The maximum absolute atomic E-state index is 13.3. The molecule has 0 aromatic heterocycles. The Morgan fingerprint density at radius 1 is 0.900 bits per heavy atom. The van der Waals surface area contributed by atoms with E-state index < -0.39 is 0 Å². The second-order valence-electron chi connectivity index (χ2n) is 8.76. The molecule has 3 heterocycles. The molecule has 3 aliphatic rings. The van der Waals surface area contributed by atoms with Crippen molar-refractivity contribution in [1.29, 1.82) is 0 Å². The lowest BCUT2D eigenvalue weighted by atomic mass is 9.83. The molecule has 1 spiro atoms. The molecule has 6 heteroatoms. The molecule has 1 fully saturated rings. The lowest BCUT2D eigenvalue weighted by Crippen LogP contribution is -2.53. The molecule has 2 aromatic carbocycles. The molecule has 6 nitrogen and oxygen atoms in total. The Labute approximate surface area is 177 Å². The zero-order valence-corrected chi connectivity index (χ0v) is 17.2. The van der Waals surface area contributed by atoms with Crippen LogP contribution in [-0.4, -0.2) is 46.8 Å². The van der Waals surface area contributed by atoms with Gasteiger partial charge in [-0.3, -0.25) is 9.59 Å². The third kappa shape index (κ3) is 3.67. The molecule has 0 radical (unpaired) electrons. The van der Waals surface area contributed by atoms with Crippen LogP contribution in [0.5, 0.6) is 0 Å². The zero-order valence-electron chi connectivity index (χ0n) is 17.2. The molecule has 2 amide bonds. The van der Waals surface area contributed by atoms with Crippen LogP contribution in [0.15, 0.2) is 48.5 Å². The van der Waals surface area contributed by atoms with Crippen molar-refractivity contribution in [2.45, 2.75) is 44.4 Å². The van der Waals surface area contributed by atoms with Crippen LogP contribution in [-0.2, 0) is 29.2 Å². The number of piperidine rings is 1. The average Bonchev–Trinajstić information content (AvgIpc) is 3.19. The van der Waals surface area contributed by atoms with Crippen LogP contribution in [0.3, 0.4) is 0 Å². The van der Waals surface area contributed by atoms with Crippen LogP contribution in [0.4, 0.5) is 5.69 Å². The first kappa shape index (κ1) is 19.1. The summed E-state index contributed by atoms with van der Waals surface area (Å²) in [6.45, 7) is 3.65. The second-order valence-corrected chi connectivity index (χ2v) is 8.76. The Bertz CT molecular complexity index is 942. The smallest absolute Gasteiger partial charge is 0.242 e. The van der Waals surface area contributed by atoms with Crippen LogP contribution in [0.1, 0.15) is 36.0 Å². The van der Waals surface area contributed by atoms with Gasteiger partial charge in [0, 0.05) is 37.3 Å². The Kier molecular flexibility index (Phi) is 4.95. The van der Waals surface area contributed by atoms with E-state index in [9.17, 15) is 9.59 Å². The fraction of sp³-hybridized carbons (Fsp3) is 0.417. The van der Waals surface area contributed by atoms with E-state index in [1.54, 1.807) is 4.90 Å². The summed E-state index contributed by atoms with van der Waals surface area (Å²) in [7, 11) is 0. The summed E-state index contributed by atoms with van der Waals surface area (Å²) in [5.74, 6) is 0.0777. The van der Waals surface area contributed by atoms with E-state index in [-0.39, 0.29) is 23.9 Å².